The minimum Gasteiger partial charge on any atom is -0.507 e. The molecule has 0 heterocycles. The average molecular weight is 218 g/mol. The highest BCUT2D eigenvalue weighted by Crippen LogP contribution is 2.31. The van der Waals surface area contributed by atoms with Crippen LogP contribution in [0.25, 0.3) is 0 Å². The van der Waals surface area contributed by atoms with Crippen LogP contribution in [0.4, 0.5) is 0 Å². The normalized spacial score (nSPS) is 10.8. The molecule has 0 spiro atoms. The number of rotatable bonds is 5. The number of hydrogen-bond donors (Lipinski definition) is 1. The Morgan fingerprint density at radius 2 is 2.06 bits per heavy atom. The van der Waals surface area contributed by atoms with Crippen molar-refractivity contribution >= 4 is 0 Å². The van der Waals surface area contributed by atoms with Gasteiger partial charge in [0.15, 0.2) is 0 Å². The van der Waals surface area contributed by atoms with Crippen molar-refractivity contribution < 1.29 is 5.11 Å². The van der Waals surface area contributed by atoms with Crippen LogP contribution in [0.2, 0.25) is 0 Å². The molecule has 0 fully saturated rings. The van der Waals surface area contributed by atoms with Crippen molar-refractivity contribution in [1.29, 1.82) is 0 Å². The lowest BCUT2D eigenvalue weighted by atomic mass is 9.93. The molecule has 1 rings (SSSR count). The number of benzene rings is 1. The number of allylic oxidation sites excluding steroid dienone is 1. The van der Waals surface area contributed by atoms with Crippen LogP contribution >= 0.6 is 0 Å². The molecule has 1 aromatic rings. The molecule has 0 radical (unpaired) electrons. The fourth-order valence-electron chi connectivity index (χ4n) is 1.97. The summed E-state index contributed by atoms with van der Waals surface area (Å²) in [5.74, 6) is 0.852. The molecule has 1 N–H and O–H groups in total. The molecular weight excluding hydrogens is 196 g/mol. The Labute approximate surface area is 98.8 Å². The van der Waals surface area contributed by atoms with E-state index in [-0.39, 0.29) is 0 Å². The SMILES string of the molecule is C=CCc1cc(CCC)c(O)c(C(C)C)c1. The molecule has 88 valence electrons. The first kappa shape index (κ1) is 12.8. The number of phenols is 1. The molecule has 0 saturated carbocycles. The molecule has 1 nitrogen and oxygen atoms in total. The number of phenolic OH excluding ortho intramolecular Hbond substituents is 1. The Kier molecular flexibility index (Phi) is 4.60. The summed E-state index contributed by atoms with van der Waals surface area (Å²) in [6.45, 7) is 10.1. The molecule has 0 amide bonds. The van der Waals surface area contributed by atoms with Gasteiger partial charge in [-0.15, -0.1) is 6.58 Å². The Bertz CT molecular complexity index is 364. The fourth-order valence-corrected chi connectivity index (χ4v) is 1.97. The van der Waals surface area contributed by atoms with Gasteiger partial charge < -0.3 is 5.11 Å². The molecule has 0 aliphatic carbocycles. The summed E-state index contributed by atoms with van der Waals surface area (Å²) >= 11 is 0. The minimum atomic E-state index is 0.361. The maximum atomic E-state index is 10.2. The van der Waals surface area contributed by atoms with Crippen molar-refractivity contribution in [2.24, 2.45) is 0 Å². The van der Waals surface area contributed by atoms with Crippen LogP contribution in [-0.2, 0) is 12.8 Å². The van der Waals surface area contributed by atoms with E-state index in [1.54, 1.807) is 0 Å². The van der Waals surface area contributed by atoms with Gasteiger partial charge in [-0.1, -0.05) is 45.4 Å². The van der Waals surface area contributed by atoms with Gasteiger partial charge in [0, 0.05) is 0 Å². The monoisotopic (exact) mass is 218 g/mol. The first-order valence-electron chi connectivity index (χ1n) is 6.05. The zero-order valence-corrected chi connectivity index (χ0v) is 10.6. The summed E-state index contributed by atoms with van der Waals surface area (Å²) < 4.78 is 0. The molecule has 1 aromatic carbocycles. The lowest BCUT2D eigenvalue weighted by molar-refractivity contribution is 0.457. The number of hydrogen-bond acceptors (Lipinski definition) is 1. The summed E-state index contributed by atoms with van der Waals surface area (Å²) in [6, 6.07) is 4.20. The van der Waals surface area contributed by atoms with Crippen molar-refractivity contribution in [3.63, 3.8) is 0 Å². The Morgan fingerprint density at radius 3 is 2.56 bits per heavy atom. The van der Waals surface area contributed by atoms with Crippen LogP contribution in [0.3, 0.4) is 0 Å². The van der Waals surface area contributed by atoms with Crippen molar-refractivity contribution in [2.45, 2.75) is 46.0 Å². The molecular formula is C15H22O. The highest BCUT2D eigenvalue weighted by atomic mass is 16.3. The van der Waals surface area contributed by atoms with Gasteiger partial charge in [-0.3, -0.25) is 0 Å². The lowest BCUT2D eigenvalue weighted by Gasteiger charge is -2.14. The second-order valence-corrected chi connectivity index (χ2v) is 4.59. The summed E-state index contributed by atoms with van der Waals surface area (Å²) in [5.41, 5.74) is 3.38. The molecule has 1 heteroatoms. The number of aryl methyl sites for hydroxylation is 1. The molecule has 16 heavy (non-hydrogen) atoms. The van der Waals surface area contributed by atoms with E-state index in [4.69, 9.17) is 0 Å². The predicted octanol–water partition coefficient (Wildman–Crippen LogP) is 4.20. The van der Waals surface area contributed by atoms with Crippen LogP contribution in [0.5, 0.6) is 5.75 Å². The van der Waals surface area contributed by atoms with E-state index < -0.39 is 0 Å². The fraction of sp³-hybridized carbons (Fsp3) is 0.467. The van der Waals surface area contributed by atoms with Crippen LogP contribution in [0, 0.1) is 0 Å². The topological polar surface area (TPSA) is 20.2 Å². The average Bonchev–Trinajstić information content (AvgIpc) is 2.23. The zero-order valence-electron chi connectivity index (χ0n) is 10.6. The molecule has 0 aromatic heterocycles. The number of aromatic hydroxyl groups is 1. The van der Waals surface area contributed by atoms with Crippen LogP contribution in [-0.4, -0.2) is 5.11 Å². The van der Waals surface area contributed by atoms with Crippen molar-refractivity contribution in [3.05, 3.63) is 41.5 Å². The van der Waals surface area contributed by atoms with E-state index in [2.05, 4.69) is 39.5 Å². The Hall–Kier alpha value is -1.24. The lowest BCUT2D eigenvalue weighted by Crippen LogP contribution is -1.96. The van der Waals surface area contributed by atoms with Gasteiger partial charge >= 0.3 is 0 Å². The van der Waals surface area contributed by atoms with E-state index in [0.717, 1.165) is 30.4 Å². The van der Waals surface area contributed by atoms with E-state index in [1.165, 1.54) is 5.56 Å². The van der Waals surface area contributed by atoms with Gasteiger partial charge in [0.2, 0.25) is 0 Å². The maximum Gasteiger partial charge on any atom is 0.122 e. The smallest absolute Gasteiger partial charge is 0.122 e. The third-order valence-corrected chi connectivity index (χ3v) is 2.80. The molecule has 0 bridgehead atoms. The van der Waals surface area contributed by atoms with Crippen molar-refractivity contribution in [3.8, 4) is 5.75 Å². The summed E-state index contributed by atoms with van der Waals surface area (Å²) in [5, 5.41) is 10.2. The maximum absolute atomic E-state index is 10.2. The second-order valence-electron chi connectivity index (χ2n) is 4.59. The molecule has 0 atom stereocenters. The van der Waals surface area contributed by atoms with Crippen LogP contribution in [0.15, 0.2) is 24.8 Å². The highest BCUT2D eigenvalue weighted by molar-refractivity contribution is 5.45. The van der Waals surface area contributed by atoms with Gasteiger partial charge in [0.05, 0.1) is 0 Å². The van der Waals surface area contributed by atoms with Crippen LogP contribution < -0.4 is 0 Å². The predicted molar refractivity (Wildman–Crippen MR) is 70.1 cm³/mol. The van der Waals surface area contributed by atoms with Gasteiger partial charge in [0.25, 0.3) is 0 Å². The van der Waals surface area contributed by atoms with Gasteiger partial charge in [0.1, 0.15) is 5.75 Å². The Balaban J connectivity index is 3.20. The van der Waals surface area contributed by atoms with E-state index >= 15 is 0 Å². The first-order valence-corrected chi connectivity index (χ1v) is 6.05. The quantitative estimate of drug-likeness (QED) is 0.734. The Morgan fingerprint density at radius 1 is 1.38 bits per heavy atom. The van der Waals surface area contributed by atoms with E-state index in [9.17, 15) is 5.11 Å². The highest BCUT2D eigenvalue weighted by Gasteiger charge is 2.11. The van der Waals surface area contributed by atoms with Crippen molar-refractivity contribution in [2.75, 3.05) is 0 Å². The van der Waals surface area contributed by atoms with E-state index in [1.807, 2.05) is 6.08 Å². The van der Waals surface area contributed by atoms with Gasteiger partial charge in [-0.05, 0) is 35.4 Å². The third-order valence-electron chi connectivity index (χ3n) is 2.80. The minimum absolute atomic E-state index is 0.361. The zero-order chi connectivity index (χ0) is 12.1. The van der Waals surface area contributed by atoms with Crippen LogP contribution in [0.1, 0.15) is 49.8 Å². The molecule has 0 saturated heterocycles. The standard InChI is InChI=1S/C15H22O/c1-5-7-12-9-13(8-6-2)15(16)14(10-12)11(3)4/h5,9-11,16H,1,6-8H2,2-4H3. The molecule has 0 unspecified atom stereocenters. The van der Waals surface area contributed by atoms with Gasteiger partial charge in [-0.2, -0.15) is 0 Å². The summed E-state index contributed by atoms with van der Waals surface area (Å²) in [7, 11) is 0. The second kappa shape index (κ2) is 5.74. The third kappa shape index (κ3) is 2.88. The first-order chi connectivity index (χ1) is 7.60. The molecule has 0 aliphatic heterocycles. The largest absolute Gasteiger partial charge is 0.507 e. The van der Waals surface area contributed by atoms with Gasteiger partial charge in [-0.25, -0.2) is 0 Å². The molecule has 0 aliphatic rings. The van der Waals surface area contributed by atoms with E-state index in [0.29, 0.717) is 11.7 Å². The van der Waals surface area contributed by atoms with Crippen molar-refractivity contribution in [1.82, 2.24) is 0 Å². The summed E-state index contributed by atoms with van der Waals surface area (Å²) in [6.07, 6.45) is 4.78. The summed E-state index contributed by atoms with van der Waals surface area (Å²) in [4.78, 5) is 0.